The van der Waals surface area contributed by atoms with Crippen LogP contribution in [0.4, 0.5) is 18.9 Å². The third kappa shape index (κ3) is 5.14. The molecule has 2 aromatic carbocycles. The van der Waals surface area contributed by atoms with Crippen LogP contribution >= 0.6 is 34.7 Å². The quantitative estimate of drug-likeness (QED) is 0.293. The Bertz CT molecular complexity index is 1210. The summed E-state index contributed by atoms with van der Waals surface area (Å²) < 4.78 is 44.9. The Balaban J connectivity index is 1.61. The second-order valence-electron chi connectivity index (χ2n) is 6.44. The molecule has 0 fully saturated rings. The number of benzene rings is 2. The summed E-state index contributed by atoms with van der Waals surface area (Å²) in [6.45, 7) is 0. The molecule has 1 N–H and O–H groups in total. The van der Waals surface area contributed by atoms with Crippen LogP contribution in [0.3, 0.4) is 0 Å². The van der Waals surface area contributed by atoms with E-state index < -0.39 is 22.9 Å². The smallest absolute Gasteiger partial charge is 0.410 e. The molecule has 0 aliphatic carbocycles. The van der Waals surface area contributed by atoms with E-state index in [0.29, 0.717) is 11.5 Å². The van der Waals surface area contributed by atoms with Crippen molar-refractivity contribution in [2.45, 2.75) is 16.6 Å². The Morgan fingerprint density at radius 3 is 2.56 bits per heavy atom. The van der Waals surface area contributed by atoms with E-state index in [0.717, 1.165) is 34.8 Å². The molecule has 4 aromatic rings. The number of amides is 1. The summed E-state index contributed by atoms with van der Waals surface area (Å²) in [6, 6.07) is 15.1. The molecule has 0 spiro atoms. The SMILES string of the molecule is O=C(Nc1cc(C(F)(F)F)ccc1Cl)[C@@H](Sc1nnc(-c2cccs2)o1)c1ccccc1. The van der Waals surface area contributed by atoms with Crippen LogP contribution in [0.5, 0.6) is 0 Å². The molecule has 2 heterocycles. The van der Waals surface area contributed by atoms with Crippen molar-refractivity contribution in [3.05, 3.63) is 82.2 Å². The van der Waals surface area contributed by atoms with Gasteiger partial charge in [-0.15, -0.1) is 21.5 Å². The Kier molecular flexibility index (Phi) is 6.54. The van der Waals surface area contributed by atoms with E-state index in [1.807, 2.05) is 17.5 Å². The van der Waals surface area contributed by atoms with Crippen LogP contribution < -0.4 is 5.32 Å². The summed E-state index contributed by atoms with van der Waals surface area (Å²) in [5.41, 5.74) is -0.453. The number of thioether (sulfide) groups is 1. The summed E-state index contributed by atoms with van der Waals surface area (Å²) in [5.74, 6) is -0.269. The van der Waals surface area contributed by atoms with Crippen molar-refractivity contribution in [3.63, 3.8) is 0 Å². The van der Waals surface area contributed by atoms with Crippen molar-refractivity contribution in [1.82, 2.24) is 10.2 Å². The average Bonchev–Trinajstić information content (AvgIpc) is 3.45. The first-order chi connectivity index (χ1) is 15.3. The fourth-order valence-electron chi connectivity index (χ4n) is 2.75. The van der Waals surface area contributed by atoms with Gasteiger partial charge in [-0.05, 0) is 47.0 Å². The molecule has 0 saturated heterocycles. The second kappa shape index (κ2) is 9.35. The van der Waals surface area contributed by atoms with Gasteiger partial charge in [0.25, 0.3) is 11.1 Å². The standard InChI is InChI=1S/C21H13ClF3N3O2S2/c22-14-9-8-13(21(23,24)25)11-15(14)26-18(29)17(12-5-2-1-3-6-12)32-20-28-27-19(30-20)16-7-4-10-31-16/h1-11,17H,(H,26,29)/t17-/m0/s1. The zero-order chi connectivity index (χ0) is 22.7. The Labute approximate surface area is 193 Å². The normalized spacial score (nSPS) is 12.5. The monoisotopic (exact) mass is 495 g/mol. The van der Waals surface area contributed by atoms with Crippen LogP contribution in [0.15, 0.2) is 75.7 Å². The Morgan fingerprint density at radius 2 is 1.88 bits per heavy atom. The highest BCUT2D eigenvalue weighted by Crippen LogP contribution is 2.39. The van der Waals surface area contributed by atoms with Crippen LogP contribution in [-0.2, 0) is 11.0 Å². The number of carbonyl (C=O) groups excluding carboxylic acids is 1. The molecule has 0 unspecified atom stereocenters. The van der Waals surface area contributed by atoms with Gasteiger partial charge in [0, 0.05) is 0 Å². The molecule has 164 valence electrons. The molecule has 32 heavy (non-hydrogen) atoms. The molecule has 11 heteroatoms. The number of alkyl halides is 3. The molecule has 1 atom stereocenters. The average molecular weight is 496 g/mol. The minimum Gasteiger partial charge on any atom is -0.410 e. The lowest BCUT2D eigenvalue weighted by molar-refractivity contribution is -0.137. The fourth-order valence-corrected chi connectivity index (χ4v) is 4.44. The van der Waals surface area contributed by atoms with Crippen molar-refractivity contribution < 1.29 is 22.4 Å². The largest absolute Gasteiger partial charge is 0.416 e. The number of aromatic nitrogens is 2. The topological polar surface area (TPSA) is 68.0 Å². The summed E-state index contributed by atoms with van der Waals surface area (Å²) in [4.78, 5) is 13.9. The number of halogens is 4. The van der Waals surface area contributed by atoms with Crippen molar-refractivity contribution in [2.75, 3.05) is 5.32 Å². The number of hydrogen-bond donors (Lipinski definition) is 1. The minimum atomic E-state index is -4.57. The number of rotatable bonds is 6. The lowest BCUT2D eigenvalue weighted by Crippen LogP contribution is -2.19. The summed E-state index contributed by atoms with van der Waals surface area (Å²) in [7, 11) is 0. The van der Waals surface area contributed by atoms with Crippen LogP contribution in [0, 0.1) is 0 Å². The van der Waals surface area contributed by atoms with E-state index in [4.69, 9.17) is 16.0 Å². The van der Waals surface area contributed by atoms with E-state index in [1.165, 1.54) is 11.3 Å². The van der Waals surface area contributed by atoms with Gasteiger partial charge < -0.3 is 9.73 Å². The van der Waals surface area contributed by atoms with Gasteiger partial charge in [0.1, 0.15) is 5.25 Å². The number of nitrogens with zero attached hydrogens (tertiary/aromatic N) is 2. The van der Waals surface area contributed by atoms with Gasteiger partial charge in [-0.2, -0.15) is 13.2 Å². The van der Waals surface area contributed by atoms with Crippen LogP contribution in [-0.4, -0.2) is 16.1 Å². The molecule has 0 aliphatic heterocycles. The number of carbonyl (C=O) groups is 1. The molecule has 0 bridgehead atoms. The Morgan fingerprint density at radius 1 is 1.09 bits per heavy atom. The number of anilines is 1. The van der Waals surface area contributed by atoms with Crippen LogP contribution in [0.2, 0.25) is 5.02 Å². The molecule has 0 radical (unpaired) electrons. The zero-order valence-corrected chi connectivity index (χ0v) is 18.4. The third-order valence-corrected chi connectivity index (χ3v) is 6.53. The van der Waals surface area contributed by atoms with E-state index in [-0.39, 0.29) is 15.9 Å². The summed E-state index contributed by atoms with van der Waals surface area (Å²) >= 11 is 8.45. The first kappa shape index (κ1) is 22.4. The summed E-state index contributed by atoms with van der Waals surface area (Å²) in [5, 5.41) is 11.6. The van der Waals surface area contributed by atoms with Crippen LogP contribution in [0.25, 0.3) is 10.8 Å². The number of hydrogen-bond acceptors (Lipinski definition) is 6. The maximum Gasteiger partial charge on any atom is 0.416 e. The fraction of sp³-hybridized carbons (Fsp3) is 0.0952. The van der Waals surface area contributed by atoms with Crippen molar-refractivity contribution in [3.8, 4) is 10.8 Å². The van der Waals surface area contributed by atoms with E-state index in [1.54, 1.807) is 30.3 Å². The lowest BCUT2D eigenvalue weighted by atomic mass is 10.1. The zero-order valence-electron chi connectivity index (χ0n) is 16.0. The first-order valence-electron chi connectivity index (χ1n) is 9.08. The molecule has 2 aromatic heterocycles. The predicted molar refractivity (Wildman–Crippen MR) is 118 cm³/mol. The van der Waals surface area contributed by atoms with E-state index in [9.17, 15) is 18.0 Å². The van der Waals surface area contributed by atoms with Crippen molar-refractivity contribution >= 4 is 46.3 Å². The van der Waals surface area contributed by atoms with E-state index in [2.05, 4.69) is 15.5 Å². The van der Waals surface area contributed by atoms with Gasteiger partial charge in [-0.25, -0.2) is 0 Å². The highest BCUT2D eigenvalue weighted by atomic mass is 35.5. The predicted octanol–water partition coefficient (Wildman–Crippen LogP) is 6.94. The van der Waals surface area contributed by atoms with Gasteiger partial charge in [0.15, 0.2) is 0 Å². The minimum absolute atomic E-state index is 0.0130. The van der Waals surface area contributed by atoms with Gasteiger partial charge in [-0.3, -0.25) is 4.79 Å². The van der Waals surface area contributed by atoms with Gasteiger partial charge >= 0.3 is 6.18 Å². The molecule has 1 amide bonds. The maximum atomic E-state index is 13.1. The number of nitrogens with one attached hydrogen (secondary N) is 1. The van der Waals surface area contributed by atoms with Gasteiger partial charge in [0.2, 0.25) is 5.91 Å². The lowest BCUT2D eigenvalue weighted by Gasteiger charge is -2.17. The molecule has 5 nitrogen and oxygen atoms in total. The third-order valence-electron chi connectivity index (χ3n) is 4.25. The highest BCUT2D eigenvalue weighted by molar-refractivity contribution is 8.00. The Hall–Kier alpha value is -2.82. The van der Waals surface area contributed by atoms with E-state index >= 15 is 0 Å². The molecule has 0 saturated carbocycles. The highest BCUT2D eigenvalue weighted by Gasteiger charge is 2.32. The second-order valence-corrected chi connectivity index (χ2v) is 8.85. The van der Waals surface area contributed by atoms with Crippen molar-refractivity contribution in [2.24, 2.45) is 0 Å². The van der Waals surface area contributed by atoms with Gasteiger partial charge in [0.05, 0.1) is 21.2 Å². The first-order valence-corrected chi connectivity index (χ1v) is 11.2. The number of thiophene rings is 1. The molecule has 0 aliphatic rings. The van der Waals surface area contributed by atoms with Gasteiger partial charge in [-0.1, -0.05) is 48.0 Å². The molecule has 4 rings (SSSR count). The van der Waals surface area contributed by atoms with Crippen LogP contribution in [0.1, 0.15) is 16.4 Å². The molecular weight excluding hydrogens is 483 g/mol. The summed E-state index contributed by atoms with van der Waals surface area (Å²) in [6.07, 6.45) is -4.57. The maximum absolute atomic E-state index is 13.1. The van der Waals surface area contributed by atoms with Crippen molar-refractivity contribution in [1.29, 1.82) is 0 Å². The molecular formula is C21H13ClF3N3O2S2.